The predicted molar refractivity (Wildman–Crippen MR) is 143 cm³/mol. The lowest BCUT2D eigenvalue weighted by atomic mass is 9.81. The Bertz CT molecular complexity index is 1120. The summed E-state index contributed by atoms with van der Waals surface area (Å²) in [5.41, 5.74) is 0.534. The molecule has 1 amide bonds. The summed E-state index contributed by atoms with van der Waals surface area (Å²) in [6, 6.07) is 15.0. The molecule has 0 aromatic heterocycles. The van der Waals surface area contributed by atoms with E-state index in [-0.39, 0.29) is 10.8 Å². The van der Waals surface area contributed by atoms with Gasteiger partial charge in [-0.2, -0.15) is 8.42 Å². The topological polar surface area (TPSA) is 127 Å². The van der Waals surface area contributed by atoms with Gasteiger partial charge in [-0.05, 0) is 62.2 Å². The molecule has 3 N–H and O–H groups in total. The standard InChI is InChI=1S/C21H31N3O3.C6H6O3S/c1-2-12-23-13-15-24(16-14-23)18-8-6-17(7-9-18)19(25)22-21(20(26)27)10-4-3-5-11-21;7-10(8,9)6-4-2-1-3-5-6/h6-9H,2-5,10-16H2,1H3,(H,22,25)(H,26,27);1-5H,(H,7,8,9). The molecule has 2 aromatic carbocycles. The number of hydrogen-bond acceptors (Lipinski definition) is 6. The number of aliphatic carboxylic acids is 1. The fraction of sp³-hybridized carbons (Fsp3) is 0.481. The van der Waals surface area contributed by atoms with Crippen LogP contribution in [0.5, 0.6) is 0 Å². The van der Waals surface area contributed by atoms with Crippen molar-refractivity contribution in [3.05, 3.63) is 60.2 Å². The molecule has 9 nitrogen and oxygen atoms in total. The summed E-state index contributed by atoms with van der Waals surface area (Å²) in [5.74, 6) is -1.21. The second-order valence-electron chi connectivity index (χ2n) is 9.57. The van der Waals surface area contributed by atoms with Gasteiger partial charge in [0.05, 0.1) is 4.90 Å². The third-order valence-electron chi connectivity index (χ3n) is 6.92. The maximum absolute atomic E-state index is 12.6. The van der Waals surface area contributed by atoms with Crippen molar-refractivity contribution in [2.24, 2.45) is 0 Å². The highest BCUT2D eigenvalue weighted by molar-refractivity contribution is 7.85. The summed E-state index contributed by atoms with van der Waals surface area (Å²) in [6.45, 7) is 7.48. The predicted octanol–water partition coefficient (Wildman–Crippen LogP) is 3.67. The molecule has 10 heteroatoms. The molecule has 0 atom stereocenters. The highest BCUT2D eigenvalue weighted by Gasteiger charge is 2.41. The number of benzene rings is 2. The summed E-state index contributed by atoms with van der Waals surface area (Å²) in [5, 5.41) is 12.4. The van der Waals surface area contributed by atoms with Crippen LogP contribution in [-0.4, -0.2) is 73.1 Å². The maximum Gasteiger partial charge on any atom is 0.329 e. The van der Waals surface area contributed by atoms with Crippen molar-refractivity contribution < 1.29 is 27.7 Å². The van der Waals surface area contributed by atoms with E-state index in [1.165, 1.54) is 18.6 Å². The number of anilines is 1. The summed E-state index contributed by atoms with van der Waals surface area (Å²) in [7, 11) is -4.00. The minimum Gasteiger partial charge on any atom is -0.480 e. The molecule has 2 aliphatic rings. The Labute approximate surface area is 219 Å². The Morgan fingerprint density at radius 3 is 2.00 bits per heavy atom. The van der Waals surface area contributed by atoms with Gasteiger partial charge in [-0.25, -0.2) is 4.79 Å². The molecule has 0 bridgehead atoms. The van der Waals surface area contributed by atoms with Gasteiger partial charge in [0.25, 0.3) is 16.0 Å². The third-order valence-corrected chi connectivity index (χ3v) is 7.79. The Hall–Kier alpha value is -2.95. The van der Waals surface area contributed by atoms with Gasteiger partial charge in [-0.3, -0.25) is 14.2 Å². The smallest absolute Gasteiger partial charge is 0.329 e. The molecule has 0 radical (unpaired) electrons. The molecule has 0 unspecified atom stereocenters. The molecule has 1 saturated carbocycles. The number of hydrogen-bond donors (Lipinski definition) is 3. The van der Waals surface area contributed by atoms with Crippen LogP contribution in [0.4, 0.5) is 5.69 Å². The number of nitrogens with one attached hydrogen (secondary N) is 1. The SMILES string of the molecule is CCCN1CCN(c2ccc(C(=O)NC3(C(=O)O)CCCCC3)cc2)CC1.O=S(=O)(O)c1ccccc1. The van der Waals surface area contributed by atoms with E-state index in [9.17, 15) is 23.1 Å². The fourth-order valence-corrected chi connectivity index (χ4v) is 5.30. The minimum absolute atomic E-state index is 0.0741. The minimum atomic E-state index is -4.00. The zero-order valence-electron chi connectivity index (χ0n) is 21.3. The fourth-order valence-electron chi connectivity index (χ4n) is 4.80. The Morgan fingerprint density at radius 2 is 1.51 bits per heavy atom. The van der Waals surface area contributed by atoms with Crippen LogP contribution < -0.4 is 10.2 Å². The van der Waals surface area contributed by atoms with Crippen LogP contribution in [-0.2, 0) is 14.9 Å². The lowest BCUT2D eigenvalue weighted by Crippen LogP contribution is -2.55. The molecule has 37 heavy (non-hydrogen) atoms. The number of nitrogens with zero attached hydrogens (tertiary/aromatic N) is 2. The average molecular weight is 532 g/mol. The van der Waals surface area contributed by atoms with Gasteiger partial charge in [0.1, 0.15) is 5.54 Å². The second kappa shape index (κ2) is 13.0. The van der Waals surface area contributed by atoms with Crippen molar-refractivity contribution in [1.29, 1.82) is 0 Å². The molecule has 1 saturated heterocycles. The largest absolute Gasteiger partial charge is 0.480 e. The van der Waals surface area contributed by atoms with E-state index in [2.05, 4.69) is 22.0 Å². The van der Waals surface area contributed by atoms with Gasteiger partial charge in [-0.1, -0.05) is 44.4 Å². The highest BCUT2D eigenvalue weighted by Crippen LogP contribution is 2.29. The lowest BCUT2D eigenvalue weighted by molar-refractivity contribution is -0.145. The number of carboxylic acid groups (broad SMARTS) is 1. The number of piperazine rings is 1. The maximum atomic E-state index is 12.6. The van der Waals surface area contributed by atoms with Gasteiger partial charge in [0.2, 0.25) is 0 Å². The highest BCUT2D eigenvalue weighted by atomic mass is 32.2. The van der Waals surface area contributed by atoms with Gasteiger partial charge >= 0.3 is 5.97 Å². The Balaban J connectivity index is 0.000000319. The second-order valence-corrected chi connectivity index (χ2v) is 11.0. The molecular weight excluding hydrogens is 494 g/mol. The summed E-state index contributed by atoms with van der Waals surface area (Å²) >= 11 is 0. The molecule has 1 aliphatic carbocycles. The van der Waals surface area contributed by atoms with Gasteiger partial charge in [-0.15, -0.1) is 0 Å². The molecule has 2 aromatic rings. The summed E-state index contributed by atoms with van der Waals surface area (Å²) < 4.78 is 29.2. The van der Waals surface area contributed by atoms with Crippen molar-refractivity contribution in [2.75, 3.05) is 37.6 Å². The molecular formula is C27H37N3O6S. The van der Waals surface area contributed by atoms with Crippen LogP contribution >= 0.6 is 0 Å². The van der Waals surface area contributed by atoms with E-state index >= 15 is 0 Å². The zero-order valence-corrected chi connectivity index (χ0v) is 22.1. The van der Waals surface area contributed by atoms with Crippen LogP contribution in [0.2, 0.25) is 0 Å². The number of carbonyl (C=O) groups excluding carboxylic acids is 1. The first-order valence-electron chi connectivity index (χ1n) is 12.8. The molecule has 2 fully saturated rings. The van der Waals surface area contributed by atoms with Crippen LogP contribution in [0.15, 0.2) is 59.5 Å². The zero-order chi connectivity index (χ0) is 26.9. The van der Waals surface area contributed by atoms with E-state index in [1.807, 2.05) is 24.3 Å². The molecule has 4 rings (SSSR count). The van der Waals surface area contributed by atoms with Crippen LogP contribution in [0, 0.1) is 0 Å². The molecule has 202 valence electrons. The van der Waals surface area contributed by atoms with Crippen molar-refractivity contribution >= 4 is 27.7 Å². The first-order valence-corrected chi connectivity index (χ1v) is 14.2. The van der Waals surface area contributed by atoms with E-state index in [0.717, 1.165) is 57.7 Å². The van der Waals surface area contributed by atoms with Gasteiger partial charge < -0.3 is 15.3 Å². The van der Waals surface area contributed by atoms with E-state index in [1.54, 1.807) is 18.2 Å². The van der Waals surface area contributed by atoms with Crippen LogP contribution in [0.1, 0.15) is 55.8 Å². The van der Waals surface area contributed by atoms with E-state index in [0.29, 0.717) is 18.4 Å². The Kier molecular flexibility index (Phi) is 10.1. The van der Waals surface area contributed by atoms with Crippen molar-refractivity contribution in [1.82, 2.24) is 10.2 Å². The normalized spacial score (nSPS) is 17.8. The van der Waals surface area contributed by atoms with E-state index in [4.69, 9.17) is 4.55 Å². The first-order chi connectivity index (χ1) is 17.6. The monoisotopic (exact) mass is 531 g/mol. The molecule has 1 heterocycles. The van der Waals surface area contributed by atoms with Gasteiger partial charge in [0, 0.05) is 37.4 Å². The quantitative estimate of drug-likeness (QED) is 0.462. The third kappa shape index (κ3) is 8.02. The first kappa shape index (κ1) is 28.6. The van der Waals surface area contributed by atoms with Crippen LogP contribution in [0.25, 0.3) is 0 Å². The number of amides is 1. The van der Waals surface area contributed by atoms with Crippen molar-refractivity contribution in [3.63, 3.8) is 0 Å². The summed E-state index contributed by atoms with van der Waals surface area (Å²) in [4.78, 5) is 29.1. The average Bonchev–Trinajstić information content (AvgIpc) is 2.90. The number of rotatable bonds is 7. The lowest BCUT2D eigenvalue weighted by Gasteiger charge is -2.36. The molecule has 0 spiro atoms. The van der Waals surface area contributed by atoms with Crippen molar-refractivity contribution in [2.45, 2.75) is 55.9 Å². The summed E-state index contributed by atoms with van der Waals surface area (Å²) in [6.07, 6.45) is 4.92. The van der Waals surface area contributed by atoms with Gasteiger partial charge in [0.15, 0.2) is 0 Å². The van der Waals surface area contributed by atoms with Crippen molar-refractivity contribution in [3.8, 4) is 0 Å². The van der Waals surface area contributed by atoms with Crippen LogP contribution in [0.3, 0.4) is 0 Å². The number of carboxylic acids is 1. The molecule has 1 aliphatic heterocycles. The number of carbonyl (C=O) groups is 2. The Morgan fingerprint density at radius 1 is 0.919 bits per heavy atom. The van der Waals surface area contributed by atoms with E-state index < -0.39 is 21.6 Å².